The van der Waals surface area contributed by atoms with Crippen molar-refractivity contribution in [3.05, 3.63) is 0 Å². The topological polar surface area (TPSA) is 57.5 Å². The summed E-state index contributed by atoms with van der Waals surface area (Å²) in [7, 11) is 0. The standard InChI is InChI=1S/C3H8N2O/c4-2-1-3-6-5/h1-4H2. The van der Waals surface area contributed by atoms with Gasteiger partial charge in [-0.25, -0.2) is 0 Å². The van der Waals surface area contributed by atoms with Crippen molar-refractivity contribution in [2.24, 2.45) is 5.73 Å². The molecule has 0 fully saturated rings. The molecule has 0 aromatic rings. The van der Waals surface area contributed by atoms with E-state index in [1.165, 1.54) is 0 Å². The molecule has 0 rings (SSSR count). The summed E-state index contributed by atoms with van der Waals surface area (Å²) in [6.07, 6.45) is 0.719. The predicted octanol–water partition coefficient (Wildman–Crippen LogP) is -0.665. The first-order valence-electron chi connectivity index (χ1n) is 1.88. The molecule has 6 heavy (non-hydrogen) atoms. The zero-order chi connectivity index (χ0) is 4.83. The Bertz CT molecular complexity index is 20.8. The van der Waals surface area contributed by atoms with Crippen LogP contribution in [0.15, 0.2) is 0 Å². The molecule has 0 bridgehead atoms. The summed E-state index contributed by atoms with van der Waals surface area (Å²) >= 11 is 0. The first kappa shape index (κ1) is 5.88. The molecule has 0 aliphatic carbocycles. The van der Waals surface area contributed by atoms with Crippen LogP contribution in [0.5, 0.6) is 0 Å². The summed E-state index contributed by atoms with van der Waals surface area (Å²) in [4.78, 5) is 3.70. The maximum atomic E-state index is 7.64. The highest BCUT2D eigenvalue weighted by Crippen LogP contribution is 1.69. The molecule has 0 aromatic heterocycles. The second kappa shape index (κ2) is 4.88. The molecule has 2 N–H and O–H groups in total. The van der Waals surface area contributed by atoms with Gasteiger partial charge in [-0.05, 0) is 13.0 Å². The molecule has 3 nitrogen and oxygen atoms in total. The molecule has 0 atom stereocenters. The van der Waals surface area contributed by atoms with Gasteiger partial charge in [0.1, 0.15) is 0 Å². The van der Waals surface area contributed by atoms with Crippen molar-refractivity contribution in [3.8, 4) is 0 Å². The van der Waals surface area contributed by atoms with E-state index in [1.54, 1.807) is 0 Å². The molecule has 3 heteroatoms. The molecule has 0 aromatic carbocycles. The van der Waals surface area contributed by atoms with E-state index in [9.17, 15) is 0 Å². The molecule has 0 amide bonds. The smallest absolute Gasteiger partial charge is 0.0732 e. The SMILES string of the molecule is [N]OCCCN. The Balaban J connectivity index is 2.34. The van der Waals surface area contributed by atoms with Gasteiger partial charge >= 0.3 is 0 Å². The summed E-state index contributed by atoms with van der Waals surface area (Å²) in [5.74, 6) is 7.64. The van der Waals surface area contributed by atoms with Crippen LogP contribution in [0.2, 0.25) is 0 Å². The molecule has 0 aliphatic rings. The van der Waals surface area contributed by atoms with Crippen LogP contribution < -0.4 is 11.6 Å². The highest BCUT2D eigenvalue weighted by molar-refractivity contribution is 4.30. The van der Waals surface area contributed by atoms with Crippen molar-refractivity contribution >= 4 is 0 Å². The van der Waals surface area contributed by atoms with Crippen LogP contribution in [-0.2, 0) is 4.84 Å². The minimum absolute atomic E-state index is 0.344. The van der Waals surface area contributed by atoms with E-state index in [1.807, 2.05) is 0 Å². The lowest BCUT2D eigenvalue weighted by molar-refractivity contribution is 0.117. The van der Waals surface area contributed by atoms with Gasteiger partial charge in [0.15, 0.2) is 0 Å². The molecule has 0 unspecified atom stereocenters. The van der Waals surface area contributed by atoms with Crippen molar-refractivity contribution in [3.63, 3.8) is 0 Å². The lowest BCUT2D eigenvalue weighted by atomic mass is 10.5. The average molecular weight is 88.1 g/mol. The fraction of sp³-hybridized carbons (Fsp3) is 1.00. The zero-order valence-corrected chi connectivity index (χ0v) is 3.55. The van der Waals surface area contributed by atoms with Crippen LogP contribution in [0.3, 0.4) is 0 Å². The van der Waals surface area contributed by atoms with E-state index in [2.05, 4.69) is 4.84 Å². The van der Waals surface area contributed by atoms with E-state index in [0.29, 0.717) is 13.2 Å². The maximum Gasteiger partial charge on any atom is 0.0732 e. The Kier molecular flexibility index (Phi) is 4.78. The lowest BCUT2D eigenvalue weighted by Gasteiger charge is -1.86. The first-order chi connectivity index (χ1) is 2.91. The second-order valence-corrected chi connectivity index (χ2v) is 0.975. The van der Waals surface area contributed by atoms with E-state index in [4.69, 9.17) is 11.6 Å². The van der Waals surface area contributed by atoms with Gasteiger partial charge in [-0.1, -0.05) is 0 Å². The van der Waals surface area contributed by atoms with Crippen LogP contribution in [0, 0.1) is 0 Å². The van der Waals surface area contributed by atoms with Crippen molar-refractivity contribution < 1.29 is 4.84 Å². The maximum absolute atomic E-state index is 7.64. The van der Waals surface area contributed by atoms with Crippen LogP contribution in [0.1, 0.15) is 6.42 Å². The van der Waals surface area contributed by atoms with Crippen molar-refractivity contribution in [1.82, 2.24) is 5.90 Å². The van der Waals surface area contributed by atoms with Crippen LogP contribution in [0.4, 0.5) is 0 Å². The van der Waals surface area contributed by atoms with Crippen LogP contribution in [-0.4, -0.2) is 13.2 Å². The molecule has 2 radical (unpaired) electrons. The summed E-state index contributed by atoms with van der Waals surface area (Å²) in [6, 6.07) is 0. The van der Waals surface area contributed by atoms with E-state index in [-0.39, 0.29) is 0 Å². The zero-order valence-electron chi connectivity index (χ0n) is 3.55. The molecule has 36 valence electrons. The van der Waals surface area contributed by atoms with Crippen LogP contribution in [0.25, 0.3) is 0 Å². The van der Waals surface area contributed by atoms with Gasteiger partial charge in [0.05, 0.1) is 6.61 Å². The number of hydrogen-bond acceptors (Lipinski definition) is 2. The third kappa shape index (κ3) is 3.88. The fourth-order valence-corrected chi connectivity index (χ4v) is 0.148. The molecule has 0 saturated heterocycles. The van der Waals surface area contributed by atoms with Gasteiger partial charge in [0.2, 0.25) is 0 Å². The van der Waals surface area contributed by atoms with Gasteiger partial charge < -0.3 is 5.73 Å². The number of nitrogens with two attached hydrogens (primary N) is 1. The summed E-state index contributed by atoms with van der Waals surface area (Å²) < 4.78 is 0. The molecule has 0 aliphatic heterocycles. The Morgan fingerprint density at radius 2 is 2.33 bits per heavy atom. The van der Waals surface area contributed by atoms with Gasteiger partial charge in [-0.3, -0.25) is 4.84 Å². The van der Waals surface area contributed by atoms with Crippen molar-refractivity contribution in [2.75, 3.05) is 13.2 Å². The summed E-state index contributed by atoms with van der Waals surface area (Å²) in [5.41, 5.74) is 5.02. The monoisotopic (exact) mass is 88.1 g/mol. The molecular formula is C3H8N2O. The Morgan fingerprint density at radius 3 is 2.50 bits per heavy atom. The van der Waals surface area contributed by atoms with Gasteiger partial charge in [-0.2, -0.15) is 0 Å². The highest BCUT2D eigenvalue weighted by atomic mass is 16.6. The number of hydrogen-bond donors (Lipinski definition) is 1. The molecule has 0 spiro atoms. The average Bonchev–Trinajstić information content (AvgIpc) is 1.61. The van der Waals surface area contributed by atoms with Crippen LogP contribution >= 0.6 is 0 Å². The minimum Gasteiger partial charge on any atom is -0.330 e. The summed E-state index contributed by atoms with van der Waals surface area (Å²) in [6.45, 7) is 0.914. The van der Waals surface area contributed by atoms with Crippen molar-refractivity contribution in [1.29, 1.82) is 0 Å². The fourth-order valence-electron chi connectivity index (χ4n) is 0.148. The van der Waals surface area contributed by atoms with Gasteiger partial charge in [0.25, 0.3) is 0 Å². The van der Waals surface area contributed by atoms with E-state index in [0.717, 1.165) is 6.42 Å². The third-order valence-electron chi connectivity index (χ3n) is 0.440. The number of nitrogens with zero attached hydrogens (tertiary/aromatic N) is 1. The Labute approximate surface area is 37.2 Å². The lowest BCUT2D eigenvalue weighted by Crippen LogP contribution is -2.02. The minimum atomic E-state index is 0.344. The quantitative estimate of drug-likeness (QED) is 0.367. The molecule has 0 saturated carbocycles. The third-order valence-corrected chi connectivity index (χ3v) is 0.440. The van der Waals surface area contributed by atoms with E-state index < -0.39 is 0 Å². The number of rotatable bonds is 3. The predicted molar refractivity (Wildman–Crippen MR) is 21.8 cm³/mol. The largest absolute Gasteiger partial charge is 0.330 e. The second-order valence-electron chi connectivity index (χ2n) is 0.975. The van der Waals surface area contributed by atoms with Gasteiger partial charge in [-0.15, -0.1) is 0 Å². The normalized spacial score (nSPS) is 9.00. The van der Waals surface area contributed by atoms with Crippen molar-refractivity contribution in [2.45, 2.75) is 6.42 Å². The summed E-state index contributed by atoms with van der Waals surface area (Å²) in [5, 5.41) is 0. The Hall–Kier alpha value is -0.120. The Morgan fingerprint density at radius 1 is 1.67 bits per heavy atom. The van der Waals surface area contributed by atoms with Gasteiger partial charge in [0, 0.05) is 5.90 Å². The first-order valence-corrected chi connectivity index (χ1v) is 1.88. The molecular weight excluding hydrogens is 80.0 g/mol. The highest BCUT2D eigenvalue weighted by Gasteiger charge is 1.77. The molecule has 0 heterocycles. The van der Waals surface area contributed by atoms with E-state index >= 15 is 0 Å².